The second-order valence-corrected chi connectivity index (χ2v) is 4.63. The molecule has 0 spiro atoms. The molecule has 0 aliphatic heterocycles. The number of aryl methyl sites for hydroxylation is 2. The van der Waals surface area contributed by atoms with E-state index in [0.717, 1.165) is 22.6 Å². The molecule has 0 aromatic carbocycles. The van der Waals surface area contributed by atoms with Gasteiger partial charge in [0.1, 0.15) is 0 Å². The molecule has 0 aliphatic carbocycles. The molecule has 2 rings (SSSR count). The van der Waals surface area contributed by atoms with Crippen LogP contribution in [0.5, 0.6) is 0 Å². The number of nitrogens with one attached hydrogen (secondary N) is 1. The number of terminal acetylenes is 1. The molecule has 0 radical (unpaired) electrons. The molecular formula is C14H18N4. The minimum Gasteiger partial charge on any atom is -0.297 e. The van der Waals surface area contributed by atoms with Crippen LogP contribution in [0.3, 0.4) is 0 Å². The third-order valence-corrected chi connectivity index (χ3v) is 3.10. The van der Waals surface area contributed by atoms with Gasteiger partial charge in [-0.1, -0.05) is 5.92 Å². The first-order valence-electron chi connectivity index (χ1n) is 6.07. The third kappa shape index (κ3) is 2.22. The normalized spacial score (nSPS) is 14.4. The van der Waals surface area contributed by atoms with Gasteiger partial charge in [-0.25, -0.2) is 9.50 Å². The molecule has 0 bridgehead atoms. The van der Waals surface area contributed by atoms with Gasteiger partial charge in [0.05, 0.1) is 11.7 Å². The summed E-state index contributed by atoms with van der Waals surface area (Å²) in [6, 6.07) is 2.16. The molecule has 2 unspecified atom stereocenters. The van der Waals surface area contributed by atoms with Crippen LogP contribution in [0.2, 0.25) is 0 Å². The van der Waals surface area contributed by atoms with Crippen LogP contribution in [0, 0.1) is 26.2 Å². The number of rotatable bonds is 3. The SMILES string of the molecule is C#CC(C)NC(C)c1cnc2cc(C)nn2c1C. The zero-order valence-corrected chi connectivity index (χ0v) is 11.2. The summed E-state index contributed by atoms with van der Waals surface area (Å²) in [6.07, 6.45) is 7.28. The van der Waals surface area contributed by atoms with Gasteiger partial charge in [-0.2, -0.15) is 5.10 Å². The Morgan fingerprint density at radius 2 is 2.11 bits per heavy atom. The number of aromatic nitrogens is 3. The van der Waals surface area contributed by atoms with Crippen molar-refractivity contribution in [3.8, 4) is 12.3 Å². The highest BCUT2D eigenvalue weighted by Crippen LogP contribution is 2.18. The van der Waals surface area contributed by atoms with Crippen molar-refractivity contribution in [3.05, 3.63) is 29.2 Å². The summed E-state index contributed by atoms with van der Waals surface area (Å²) in [7, 11) is 0. The van der Waals surface area contributed by atoms with Crippen molar-refractivity contribution < 1.29 is 0 Å². The van der Waals surface area contributed by atoms with Crippen LogP contribution in [-0.2, 0) is 0 Å². The van der Waals surface area contributed by atoms with Crippen LogP contribution >= 0.6 is 0 Å². The van der Waals surface area contributed by atoms with Crippen LogP contribution < -0.4 is 5.32 Å². The summed E-state index contributed by atoms with van der Waals surface area (Å²) in [6.45, 7) is 8.07. The molecule has 2 aromatic rings. The van der Waals surface area contributed by atoms with Crippen molar-refractivity contribution >= 4 is 5.65 Å². The fourth-order valence-corrected chi connectivity index (χ4v) is 2.11. The van der Waals surface area contributed by atoms with Gasteiger partial charge >= 0.3 is 0 Å². The zero-order chi connectivity index (χ0) is 13.3. The Labute approximate surface area is 107 Å². The first-order valence-corrected chi connectivity index (χ1v) is 6.07. The fraction of sp³-hybridized carbons (Fsp3) is 0.429. The van der Waals surface area contributed by atoms with Crippen molar-refractivity contribution in [1.82, 2.24) is 19.9 Å². The highest BCUT2D eigenvalue weighted by Gasteiger charge is 2.14. The van der Waals surface area contributed by atoms with Gasteiger partial charge in [-0.05, 0) is 27.7 Å². The first-order chi connectivity index (χ1) is 8.52. The molecular weight excluding hydrogens is 224 g/mol. The van der Waals surface area contributed by atoms with E-state index in [9.17, 15) is 0 Å². The molecule has 2 aromatic heterocycles. The second kappa shape index (κ2) is 4.79. The summed E-state index contributed by atoms with van der Waals surface area (Å²) < 4.78 is 1.88. The van der Waals surface area contributed by atoms with Crippen molar-refractivity contribution in [1.29, 1.82) is 0 Å². The van der Waals surface area contributed by atoms with Crippen molar-refractivity contribution in [2.75, 3.05) is 0 Å². The lowest BCUT2D eigenvalue weighted by Gasteiger charge is -2.18. The highest BCUT2D eigenvalue weighted by atomic mass is 15.3. The lowest BCUT2D eigenvalue weighted by atomic mass is 10.1. The Morgan fingerprint density at radius 1 is 1.39 bits per heavy atom. The van der Waals surface area contributed by atoms with Gasteiger partial charge in [0, 0.05) is 29.6 Å². The lowest BCUT2D eigenvalue weighted by Crippen LogP contribution is -2.28. The van der Waals surface area contributed by atoms with Crippen LogP contribution in [0.25, 0.3) is 5.65 Å². The summed E-state index contributed by atoms with van der Waals surface area (Å²) in [4.78, 5) is 4.43. The Morgan fingerprint density at radius 3 is 2.78 bits per heavy atom. The molecule has 18 heavy (non-hydrogen) atoms. The largest absolute Gasteiger partial charge is 0.297 e. The summed E-state index contributed by atoms with van der Waals surface area (Å²) in [5.74, 6) is 2.67. The Bertz CT molecular complexity index is 606. The maximum atomic E-state index is 5.38. The molecule has 2 atom stereocenters. The topological polar surface area (TPSA) is 42.2 Å². The van der Waals surface area contributed by atoms with Crippen LogP contribution in [0.4, 0.5) is 0 Å². The molecule has 0 amide bonds. The number of fused-ring (bicyclic) bond motifs is 1. The molecule has 0 aliphatic rings. The number of nitrogens with zero attached hydrogens (tertiary/aromatic N) is 3. The Balaban J connectivity index is 2.39. The zero-order valence-electron chi connectivity index (χ0n) is 11.2. The lowest BCUT2D eigenvalue weighted by molar-refractivity contribution is 0.538. The molecule has 94 valence electrons. The molecule has 4 heteroatoms. The number of hydrogen-bond acceptors (Lipinski definition) is 3. The molecule has 0 saturated carbocycles. The maximum Gasteiger partial charge on any atom is 0.155 e. The van der Waals surface area contributed by atoms with Gasteiger partial charge in [0.25, 0.3) is 0 Å². The van der Waals surface area contributed by atoms with Gasteiger partial charge < -0.3 is 0 Å². The minimum atomic E-state index is 0.0365. The van der Waals surface area contributed by atoms with E-state index in [1.807, 2.05) is 30.6 Å². The van der Waals surface area contributed by atoms with Gasteiger partial charge in [0.15, 0.2) is 5.65 Å². The Hall–Kier alpha value is -1.86. The first kappa shape index (κ1) is 12.6. The van der Waals surface area contributed by atoms with E-state index in [-0.39, 0.29) is 12.1 Å². The van der Waals surface area contributed by atoms with E-state index in [0.29, 0.717) is 0 Å². The maximum absolute atomic E-state index is 5.38. The fourth-order valence-electron chi connectivity index (χ4n) is 2.11. The van der Waals surface area contributed by atoms with E-state index in [4.69, 9.17) is 6.42 Å². The Kier molecular flexibility index (Phi) is 3.35. The van der Waals surface area contributed by atoms with Crippen molar-refractivity contribution in [3.63, 3.8) is 0 Å². The van der Waals surface area contributed by atoms with Gasteiger partial charge in [-0.15, -0.1) is 6.42 Å². The third-order valence-electron chi connectivity index (χ3n) is 3.10. The van der Waals surface area contributed by atoms with Gasteiger partial charge in [-0.3, -0.25) is 5.32 Å². The second-order valence-electron chi connectivity index (χ2n) is 4.63. The minimum absolute atomic E-state index is 0.0365. The molecule has 2 heterocycles. The van der Waals surface area contributed by atoms with Gasteiger partial charge in [0.2, 0.25) is 0 Å². The average molecular weight is 242 g/mol. The van der Waals surface area contributed by atoms with Crippen molar-refractivity contribution in [2.24, 2.45) is 0 Å². The van der Waals surface area contributed by atoms with Crippen LogP contribution in [-0.4, -0.2) is 20.6 Å². The molecule has 0 fully saturated rings. The van der Waals surface area contributed by atoms with Crippen molar-refractivity contribution in [2.45, 2.75) is 39.8 Å². The predicted octanol–water partition coefficient (Wildman–Crippen LogP) is 2.02. The highest BCUT2D eigenvalue weighted by molar-refractivity contribution is 5.42. The summed E-state index contributed by atoms with van der Waals surface area (Å²) >= 11 is 0. The summed E-state index contributed by atoms with van der Waals surface area (Å²) in [5, 5.41) is 7.78. The quantitative estimate of drug-likeness (QED) is 0.837. The molecule has 0 saturated heterocycles. The predicted molar refractivity (Wildman–Crippen MR) is 72.3 cm³/mol. The monoisotopic (exact) mass is 242 g/mol. The molecule has 4 nitrogen and oxygen atoms in total. The van der Waals surface area contributed by atoms with E-state index in [1.54, 1.807) is 0 Å². The standard InChI is InChI=1S/C14H18N4/c1-6-9(2)16-11(4)13-8-15-14-7-10(3)17-18(14)12(13)5/h1,7-9,11,16H,2-5H3. The van der Waals surface area contributed by atoms with E-state index in [2.05, 4.69) is 35.2 Å². The van der Waals surface area contributed by atoms with Crippen LogP contribution in [0.1, 0.15) is 36.8 Å². The number of hydrogen-bond donors (Lipinski definition) is 1. The smallest absolute Gasteiger partial charge is 0.155 e. The van der Waals surface area contributed by atoms with E-state index < -0.39 is 0 Å². The van der Waals surface area contributed by atoms with E-state index >= 15 is 0 Å². The average Bonchev–Trinajstić information content (AvgIpc) is 2.70. The molecule has 1 N–H and O–H groups in total. The van der Waals surface area contributed by atoms with E-state index in [1.165, 1.54) is 0 Å². The van der Waals surface area contributed by atoms with Crippen LogP contribution in [0.15, 0.2) is 12.3 Å². The summed E-state index contributed by atoms with van der Waals surface area (Å²) in [5.41, 5.74) is 4.07.